The van der Waals surface area contributed by atoms with Crippen molar-refractivity contribution in [2.75, 3.05) is 13.1 Å². The van der Waals surface area contributed by atoms with Gasteiger partial charge in [0.2, 0.25) is 11.8 Å². The molecule has 0 aliphatic heterocycles. The fourth-order valence-corrected chi connectivity index (χ4v) is 2.00. The Bertz CT molecular complexity index is 425. The molecule has 0 aromatic rings. The van der Waals surface area contributed by atoms with Gasteiger partial charge in [0.25, 0.3) is 0 Å². The van der Waals surface area contributed by atoms with Crippen LogP contribution in [0, 0.1) is 0 Å². The molecule has 0 bridgehead atoms. The molecule has 0 heterocycles. The van der Waals surface area contributed by atoms with Crippen LogP contribution in [0.1, 0.15) is 46.5 Å². The molecule has 8 nitrogen and oxygen atoms in total. The van der Waals surface area contributed by atoms with E-state index in [2.05, 4.69) is 16.0 Å². The van der Waals surface area contributed by atoms with Crippen molar-refractivity contribution in [3.8, 4) is 0 Å². The van der Waals surface area contributed by atoms with Gasteiger partial charge < -0.3 is 21.1 Å². The first-order valence-corrected chi connectivity index (χ1v) is 7.86. The maximum atomic E-state index is 12.0. The van der Waals surface area contributed by atoms with E-state index in [0.717, 1.165) is 0 Å². The zero-order valence-corrected chi connectivity index (χ0v) is 14.0. The van der Waals surface area contributed by atoms with Crippen LogP contribution in [-0.4, -0.2) is 53.8 Å². The first-order chi connectivity index (χ1) is 10.8. The van der Waals surface area contributed by atoms with Gasteiger partial charge in [0.15, 0.2) is 5.78 Å². The summed E-state index contributed by atoms with van der Waals surface area (Å²) in [4.78, 5) is 45.6. The number of ketones is 1. The monoisotopic (exact) mass is 329 g/mol. The lowest BCUT2D eigenvalue weighted by molar-refractivity contribution is -0.137. The Morgan fingerprint density at radius 3 is 2.30 bits per heavy atom. The molecule has 0 saturated heterocycles. The van der Waals surface area contributed by atoms with Crippen LogP contribution < -0.4 is 16.0 Å². The van der Waals surface area contributed by atoms with Crippen molar-refractivity contribution in [3.05, 3.63) is 0 Å². The minimum absolute atomic E-state index is 0.00763. The molecular formula is C15H27N3O5. The summed E-state index contributed by atoms with van der Waals surface area (Å²) < 4.78 is 0. The molecule has 0 aliphatic carbocycles. The molecule has 0 aliphatic rings. The number of hydrogen-bond donors (Lipinski definition) is 4. The van der Waals surface area contributed by atoms with Crippen LogP contribution in [0.2, 0.25) is 0 Å². The minimum atomic E-state index is -0.908. The Kier molecular flexibility index (Phi) is 10.6. The Morgan fingerprint density at radius 1 is 1.13 bits per heavy atom. The number of nitrogens with one attached hydrogen (secondary N) is 3. The Hall–Kier alpha value is -1.96. The smallest absolute Gasteiger partial charge is 0.303 e. The molecule has 0 fully saturated rings. The number of likely N-dealkylation sites (N-methyl/N-ethyl adjacent to an activating group) is 1. The predicted molar refractivity (Wildman–Crippen MR) is 84.9 cm³/mol. The van der Waals surface area contributed by atoms with Crippen molar-refractivity contribution in [3.63, 3.8) is 0 Å². The van der Waals surface area contributed by atoms with E-state index in [1.165, 1.54) is 0 Å². The number of carbonyl (C=O) groups excluding carboxylic acids is 3. The number of amides is 2. The van der Waals surface area contributed by atoms with Gasteiger partial charge in [-0.3, -0.25) is 19.2 Å². The van der Waals surface area contributed by atoms with Crippen molar-refractivity contribution in [1.29, 1.82) is 0 Å². The molecular weight excluding hydrogens is 302 g/mol. The van der Waals surface area contributed by atoms with Crippen LogP contribution in [0.25, 0.3) is 0 Å². The van der Waals surface area contributed by atoms with Gasteiger partial charge in [0.1, 0.15) is 0 Å². The van der Waals surface area contributed by atoms with E-state index >= 15 is 0 Å². The summed E-state index contributed by atoms with van der Waals surface area (Å²) >= 11 is 0. The summed E-state index contributed by atoms with van der Waals surface area (Å²) in [6, 6.07) is -1.12. The number of Topliss-reactive ketones (excluding diaryl/α,β-unsaturated/α-hetero) is 1. The van der Waals surface area contributed by atoms with E-state index in [1.807, 2.05) is 6.92 Å². The third-order valence-corrected chi connectivity index (χ3v) is 3.28. The molecule has 0 saturated carbocycles. The van der Waals surface area contributed by atoms with E-state index in [4.69, 9.17) is 5.11 Å². The van der Waals surface area contributed by atoms with Gasteiger partial charge in [-0.1, -0.05) is 13.8 Å². The van der Waals surface area contributed by atoms with E-state index in [1.54, 1.807) is 13.8 Å². The molecule has 0 spiro atoms. The molecule has 2 amide bonds. The molecule has 4 N–H and O–H groups in total. The fraction of sp³-hybridized carbons (Fsp3) is 0.733. The fourth-order valence-electron chi connectivity index (χ4n) is 2.00. The van der Waals surface area contributed by atoms with Gasteiger partial charge in [0, 0.05) is 12.8 Å². The number of carboxylic acid groups (broad SMARTS) is 1. The molecule has 0 unspecified atom stereocenters. The van der Waals surface area contributed by atoms with Crippen molar-refractivity contribution in [2.45, 2.75) is 58.5 Å². The molecule has 23 heavy (non-hydrogen) atoms. The lowest BCUT2D eigenvalue weighted by atomic mass is 10.1. The summed E-state index contributed by atoms with van der Waals surface area (Å²) in [5.41, 5.74) is 0. The molecule has 0 aromatic heterocycles. The highest BCUT2D eigenvalue weighted by Gasteiger charge is 2.19. The molecule has 132 valence electrons. The highest BCUT2D eigenvalue weighted by Crippen LogP contribution is 2.01. The quantitative estimate of drug-likeness (QED) is 0.394. The minimum Gasteiger partial charge on any atom is -0.481 e. The highest BCUT2D eigenvalue weighted by molar-refractivity contribution is 5.91. The number of carbonyl (C=O) groups is 4. The highest BCUT2D eigenvalue weighted by atomic mass is 16.4. The molecule has 2 atom stereocenters. The van der Waals surface area contributed by atoms with Crippen LogP contribution in [-0.2, 0) is 19.2 Å². The van der Waals surface area contributed by atoms with Crippen molar-refractivity contribution >= 4 is 23.6 Å². The summed E-state index contributed by atoms with van der Waals surface area (Å²) in [5.74, 6) is -1.78. The van der Waals surface area contributed by atoms with Gasteiger partial charge in [-0.25, -0.2) is 0 Å². The summed E-state index contributed by atoms with van der Waals surface area (Å²) in [5, 5.41) is 16.6. The third kappa shape index (κ3) is 9.62. The number of rotatable bonds is 12. The molecule has 8 heteroatoms. The van der Waals surface area contributed by atoms with Crippen molar-refractivity contribution < 1.29 is 24.3 Å². The lowest BCUT2D eigenvalue weighted by Gasteiger charge is -2.18. The average Bonchev–Trinajstić information content (AvgIpc) is 2.50. The van der Waals surface area contributed by atoms with Gasteiger partial charge >= 0.3 is 5.97 Å². The second-order valence-corrected chi connectivity index (χ2v) is 5.22. The number of aliphatic carboxylic acids is 1. The largest absolute Gasteiger partial charge is 0.481 e. The van der Waals surface area contributed by atoms with E-state index < -0.39 is 24.0 Å². The molecule has 0 rings (SSSR count). The first kappa shape index (κ1) is 21.0. The van der Waals surface area contributed by atoms with Gasteiger partial charge in [-0.2, -0.15) is 0 Å². The van der Waals surface area contributed by atoms with Crippen LogP contribution in [0.5, 0.6) is 0 Å². The van der Waals surface area contributed by atoms with E-state index in [0.29, 0.717) is 25.8 Å². The predicted octanol–water partition coefficient (Wildman–Crippen LogP) is -0.181. The Morgan fingerprint density at radius 2 is 1.78 bits per heavy atom. The first-order valence-electron chi connectivity index (χ1n) is 7.86. The van der Waals surface area contributed by atoms with Gasteiger partial charge in [0.05, 0.1) is 18.6 Å². The maximum absolute atomic E-state index is 12.0. The second kappa shape index (κ2) is 11.6. The van der Waals surface area contributed by atoms with E-state index in [-0.39, 0.29) is 24.7 Å². The van der Waals surface area contributed by atoms with Crippen molar-refractivity contribution in [1.82, 2.24) is 16.0 Å². The van der Waals surface area contributed by atoms with Gasteiger partial charge in [-0.15, -0.1) is 0 Å². The topological polar surface area (TPSA) is 125 Å². The maximum Gasteiger partial charge on any atom is 0.303 e. The van der Waals surface area contributed by atoms with Crippen LogP contribution in [0.4, 0.5) is 0 Å². The Balaban J connectivity index is 4.26. The SMILES string of the molecule is CCN[C@H](CCCC(=O)O)C(=O)NCC(=O)N[C@@H](C)C(=O)CC. The van der Waals surface area contributed by atoms with Crippen LogP contribution >= 0.6 is 0 Å². The summed E-state index contributed by atoms with van der Waals surface area (Å²) in [7, 11) is 0. The Labute approximate surface area is 136 Å². The summed E-state index contributed by atoms with van der Waals surface area (Å²) in [6.45, 7) is 5.48. The van der Waals surface area contributed by atoms with Crippen molar-refractivity contribution in [2.24, 2.45) is 0 Å². The zero-order valence-electron chi connectivity index (χ0n) is 14.0. The van der Waals surface area contributed by atoms with Gasteiger partial charge in [-0.05, 0) is 26.3 Å². The summed E-state index contributed by atoms with van der Waals surface area (Å²) in [6.07, 6.45) is 1.07. The number of hydrogen-bond acceptors (Lipinski definition) is 5. The van der Waals surface area contributed by atoms with E-state index in [9.17, 15) is 19.2 Å². The normalized spacial score (nSPS) is 13.0. The zero-order chi connectivity index (χ0) is 17.8. The van der Waals surface area contributed by atoms with Crippen LogP contribution in [0.15, 0.2) is 0 Å². The second-order valence-electron chi connectivity index (χ2n) is 5.22. The lowest BCUT2D eigenvalue weighted by Crippen LogP contribution is -2.49. The molecule has 0 aromatic carbocycles. The average molecular weight is 329 g/mol. The third-order valence-electron chi connectivity index (χ3n) is 3.28. The standard InChI is InChI=1S/C15H27N3O5/c1-4-12(19)10(3)18-13(20)9-17-15(23)11(16-5-2)7-6-8-14(21)22/h10-11,16H,4-9H2,1-3H3,(H,17,23)(H,18,20)(H,21,22)/t10-,11+/m0/s1. The van der Waals surface area contributed by atoms with Crippen LogP contribution in [0.3, 0.4) is 0 Å². The molecule has 0 radical (unpaired) electrons. The number of carboxylic acids is 1.